The number of benzene rings is 1. The van der Waals surface area contributed by atoms with E-state index in [2.05, 4.69) is 20.7 Å². The summed E-state index contributed by atoms with van der Waals surface area (Å²) < 4.78 is 10.6. The fourth-order valence-electron chi connectivity index (χ4n) is 3.97. The van der Waals surface area contributed by atoms with Gasteiger partial charge in [0.1, 0.15) is 13.1 Å². The Labute approximate surface area is 194 Å². The van der Waals surface area contributed by atoms with Crippen LogP contribution in [0.5, 0.6) is 11.5 Å². The van der Waals surface area contributed by atoms with Crippen LogP contribution in [-0.2, 0) is 16.1 Å². The third-order valence-corrected chi connectivity index (χ3v) is 5.75. The molecule has 1 aromatic carbocycles. The maximum atomic E-state index is 13.1. The number of tetrazole rings is 1. The van der Waals surface area contributed by atoms with Gasteiger partial charge in [-0.3, -0.25) is 9.59 Å². The third kappa shape index (κ3) is 6.43. The molecule has 1 heterocycles. The van der Waals surface area contributed by atoms with Crippen LogP contribution in [0.2, 0.25) is 0 Å². The molecule has 1 fully saturated rings. The molecule has 0 saturated heterocycles. The highest BCUT2D eigenvalue weighted by atomic mass is 16.5. The summed E-state index contributed by atoms with van der Waals surface area (Å²) in [6.07, 6.45) is 5.48. The third-order valence-electron chi connectivity index (χ3n) is 5.75. The number of ether oxygens (including phenoxy) is 2. The van der Waals surface area contributed by atoms with Gasteiger partial charge in [-0.25, -0.2) is 0 Å². The van der Waals surface area contributed by atoms with Gasteiger partial charge < -0.3 is 19.7 Å². The number of aromatic nitrogens is 4. The number of amides is 2. The second-order valence-electron chi connectivity index (χ2n) is 9.27. The minimum atomic E-state index is -0.534. The topological polar surface area (TPSA) is 111 Å². The molecule has 180 valence electrons. The highest BCUT2D eigenvalue weighted by Crippen LogP contribution is 2.30. The van der Waals surface area contributed by atoms with Gasteiger partial charge >= 0.3 is 0 Å². The zero-order valence-corrected chi connectivity index (χ0v) is 20.1. The van der Waals surface area contributed by atoms with E-state index in [-0.39, 0.29) is 30.9 Å². The summed E-state index contributed by atoms with van der Waals surface area (Å²) in [5, 5.41) is 15.5. The molecule has 10 heteroatoms. The first-order valence-corrected chi connectivity index (χ1v) is 11.3. The van der Waals surface area contributed by atoms with E-state index in [1.54, 1.807) is 37.3 Å². The van der Waals surface area contributed by atoms with Gasteiger partial charge in [0.05, 0.1) is 14.2 Å². The zero-order chi connectivity index (χ0) is 24.0. The first-order valence-electron chi connectivity index (χ1n) is 11.3. The van der Waals surface area contributed by atoms with Crippen molar-refractivity contribution < 1.29 is 19.1 Å². The summed E-state index contributed by atoms with van der Waals surface area (Å²) in [6.45, 7) is 5.60. The Morgan fingerprint density at radius 1 is 1.12 bits per heavy atom. The van der Waals surface area contributed by atoms with Gasteiger partial charge in [-0.15, -0.1) is 10.2 Å². The Balaban J connectivity index is 1.67. The smallest absolute Gasteiger partial charge is 0.247 e. The molecule has 0 spiro atoms. The fourth-order valence-corrected chi connectivity index (χ4v) is 3.97. The molecular formula is C23H34N6O4. The first kappa shape index (κ1) is 24.5. The molecule has 1 saturated carbocycles. The van der Waals surface area contributed by atoms with Gasteiger partial charge in [0.15, 0.2) is 11.5 Å². The zero-order valence-electron chi connectivity index (χ0n) is 20.1. The highest BCUT2D eigenvalue weighted by Gasteiger charge is 2.30. The molecule has 1 aliphatic carbocycles. The molecule has 2 aromatic rings. The van der Waals surface area contributed by atoms with Crippen molar-refractivity contribution in [3.8, 4) is 22.9 Å². The molecule has 0 bridgehead atoms. The minimum absolute atomic E-state index is 0.00390. The predicted molar refractivity (Wildman–Crippen MR) is 123 cm³/mol. The quantitative estimate of drug-likeness (QED) is 0.647. The number of carbonyl (C=O) groups is 2. The second kappa shape index (κ2) is 10.6. The molecule has 1 aromatic heterocycles. The first-order chi connectivity index (χ1) is 15.7. The Kier molecular flexibility index (Phi) is 7.88. The average Bonchev–Trinajstić information content (AvgIpc) is 3.25. The summed E-state index contributed by atoms with van der Waals surface area (Å²) in [5.41, 5.74) is 0.152. The lowest BCUT2D eigenvalue weighted by atomic mass is 9.95. The lowest BCUT2D eigenvalue weighted by molar-refractivity contribution is -0.142. The Morgan fingerprint density at radius 3 is 2.45 bits per heavy atom. The number of rotatable bonds is 8. The van der Waals surface area contributed by atoms with Crippen LogP contribution in [0.3, 0.4) is 0 Å². The molecule has 1 N–H and O–H groups in total. The van der Waals surface area contributed by atoms with Crippen molar-refractivity contribution in [2.75, 3.05) is 20.8 Å². The summed E-state index contributed by atoms with van der Waals surface area (Å²) in [4.78, 5) is 28.5. The van der Waals surface area contributed by atoms with Gasteiger partial charge in [0, 0.05) is 17.1 Å². The van der Waals surface area contributed by atoms with Crippen LogP contribution >= 0.6 is 0 Å². The summed E-state index contributed by atoms with van der Waals surface area (Å²) in [7, 11) is 3.12. The number of hydrogen-bond donors (Lipinski definition) is 1. The Hall–Kier alpha value is -3.17. The molecule has 10 nitrogen and oxygen atoms in total. The summed E-state index contributed by atoms with van der Waals surface area (Å²) in [6, 6.07) is 5.50. The molecule has 0 unspecified atom stereocenters. The molecule has 3 rings (SSSR count). The molecule has 0 atom stereocenters. The van der Waals surface area contributed by atoms with Crippen LogP contribution in [0, 0.1) is 0 Å². The van der Waals surface area contributed by atoms with Gasteiger partial charge in [0.25, 0.3) is 0 Å². The van der Waals surface area contributed by atoms with Crippen molar-refractivity contribution in [2.24, 2.45) is 0 Å². The Bertz CT molecular complexity index is 962. The normalized spacial score (nSPS) is 14.6. The van der Waals surface area contributed by atoms with Crippen molar-refractivity contribution >= 4 is 11.8 Å². The van der Waals surface area contributed by atoms with Crippen LogP contribution in [0.25, 0.3) is 11.4 Å². The molecule has 1 aliphatic rings. The van der Waals surface area contributed by atoms with Gasteiger partial charge in [-0.05, 0) is 57.0 Å². The van der Waals surface area contributed by atoms with Crippen molar-refractivity contribution in [1.29, 1.82) is 0 Å². The Morgan fingerprint density at radius 2 is 1.82 bits per heavy atom. The molecule has 2 amide bonds. The van der Waals surface area contributed by atoms with Gasteiger partial charge in [0.2, 0.25) is 17.6 Å². The van der Waals surface area contributed by atoms with E-state index >= 15 is 0 Å². The maximum Gasteiger partial charge on any atom is 0.247 e. The minimum Gasteiger partial charge on any atom is -0.493 e. The van der Waals surface area contributed by atoms with Crippen molar-refractivity contribution in [3.63, 3.8) is 0 Å². The number of hydrogen-bond acceptors (Lipinski definition) is 7. The number of nitrogens with one attached hydrogen (secondary N) is 1. The van der Waals surface area contributed by atoms with Crippen molar-refractivity contribution in [2.45, 2.75) is 71.0 Å². The fraction of sp³-hybridized carbons (Fsp3) is 0.609. The second-order valence-corrected chi connectivity index (χ2v) is 9.27. The molecular weight excluding hydrogens is 424 g/mol. The monoisotopic (exact) mass is 458 g/mol. The van der Waals surface area contributed by atoms with E-state index in [4.69, 9.17) is 9.47 Å². The summed E-state index contributed by atoms with van der Waals surface area (Å²) >= 11 is 0. The summed E-state index contributed by atoms with van der Waals surface area (Å²) in [5.74, 6) is 1.11. The largest absolute Gasteiger partial charge is 0.493 e. The van der Waals surface area contributed by atoms with Crippen LogP contribution in [-0.4, -0.2) is 69.3 Å². The van der Waals surface area contributed by atoms with E-state index in [0.717, 1.165) is 25.7 Å². The molecule has 0 aliphatic heterocycles. The van der Waals surface area contributed by atoms with Gasteiger partial charge in [-0.2, -0.15) is 4.80 Å². The van der Waals surface area contributed by atoms with Crippen LogP contribution < -0.4 is 14.8 Å². The lowest BCUT2D eigenvalue weighted by Gasteiger charge is -2.35. The van der Waals surface area contributed by atoms with E-state index in [9.17, 15) is 9.59 Å². The highest BCUT2D eigenvalue weighted by molar-refractivity contribution is 5.85. The number of methoxy groups -OCH3 is 2. The predicted octanol–water partition coefficient (Wildman–Crippen LogP) is 2.43. The van der Waals surface area contributed by atoms with E-state index < -0.39 is 5.54 Å². The number of nitrogens with zero attached hydrogens (tertiary/aromatic N) is 5. The van der Waals surface area contributed by atoms with E-state index in [1.807, 2.05) is 20.8 Å². The van der Waals surface area contributed by atoms with Crippen molar-refractivity contribution in [1.82, 2.24) is 30.4 Å². The number of carbonyl (C=O) groups excluding carboxylic acids is 2. The van der Waals surface area contributed by atoms with Crippen LogP contribution in [0.15, 0.2) is 18.2 Å². The molecule has 33 heavy (non-hydrogen) atoms. The van der Waals surface area contributed by atoms with Crippen LogP contribution in [0.4, 0.5) is 0 Å². The van der Waals surface area contributed by atoms with Gasteiger partial charge in [-0.1, -0.05) is 19.3 Å². The SMILES string of the molecule is COc1ccc(-c2nnn(CC(=O)N(CC(=O)NC3CCCCC3)C(C)(C)C)n2)cc1OC. The van der Waals surface area contributed by atoms with E-state index in [0.29, 0.717) is 22.9 Å². The van der Waals surface area contributed by atoms with Crippen LogP contribution in [0.1, 0.15) is 52.9 Å². The lowest BCUT2D eigenvalue weighted by Crippen LogP contribution is -2.52. The standard InChI is InChI=1S/C23H34N6O4/c1-23(2,3)28(14-20(30)24-17-9-7-6-8-10-17)21(31)15-29-26-22(25-27-29)16-11-12-18(32-4)19(13-16)33-5/h11-13,17H,6-10,14-15H2,1-5H3,(H,24,30). The van der Waals surface area contributed by atoms with E-state index in [1.165, 1.54) is 11.2 Å². The average molecular weight is 459 g/mol. The maximum absolute atomic E-state index is 13.1. The molecule has 0 radical (unpaired) electrons. The van der Waals surface area contributed by atoms with Crippen molar-refractivity contribution in [3.05, 3.63) is 18.2 Å².